The van der Waals surface area contributed by atoms with E-state index in [9.17, 15) is 18.4 Å². The van der Waals surface area contributed by atoms with Crippen molar-refractivity contribution in [3.63, 3.8) is 0 Å². The summed E-state index contributed by atoms with van der Waals surface area (Å²) >= 11 is 6.40. The molecule has 0 spiro atoms. The fraction of sp³-hybridized carbons (Fsp3) is 0.133. The van der Waals surface area contributed by atoms with Gasteiger partial charge in [0.1, 0.15) is 11.6 Å². The number of aryl methyl sites for hydroxylation is 2. The Morgan fingerprint density at radius 1 is 0.865 bits per heavy atom. The number of ketones is 1. The fourth-order valence-electron chi connectivity index (χ4n) is 3.92. The Kier molecular flexibility index (Phi) is 8.31. The van der Waals surface area contributed by atoms with Gasteiger partial charge in [-0.05, 0) is 73.4 Å². The average Bonchev–Trinajstić information content (AvgIpc) is 2.89. The van der Waals surface area contributed by atoms with Crippen LogP contribution in [0, 0.1) is 18.6 Å². The van der Waals surface area contributed by atoms with E-state index in [1.54, 1.807) is 31.2 Å². The zero-order valence-electron chi connectivity index (χ0n) is 20.2. The summed E-state index contributed by atoms with van der Waals surface area (Å²) in [5, 5.41) is 5.89. The SMILES string of the molecule is Cc1ccc(C(=O)NCCCc2ccccc2)cc1C(=O)c1ccc(Nc2ccc(F)cc2F)cc1Cl. The number of hydrogen-bond acceptors (Lipinski definition) is 3. The van der Waals surface area contributed by atoms with E-state index in [1.807, 2.05) is 18.2 Å². The van der Waals surface area contributed by atoms with Crippen LogP contribution >= 0.6 is 11.6 Å². The van der Waals surface area contributed by atoms with E-state index in [2.05, 4.69) is 22.8 Å². The lowest BCUT2D eigenvalue weighted by Crippen LogP contribution is -2.25. The molecule has 0 bridgehead atoms. The van der Waals surface area contributed by atoms with Gasteiger partial charge in [0.2, 0.25) is 0 Å². The Balaban J connectivity index is 1.44. The van der Waals surface area contributed by atoms with Crippen LogP contribution < -0.4 is 10.6 Å². The topological polar surface area (TPSA) is 58.2 Å². The largest absolute Gasteiger partial charge is 0.353 e. The molecule has 1 amide bonds. The minimum atomic E-state index is -0.748. The zero-order chi connectivity index (χ0) is 26.4. The molecular weight excluding hydrogens is 494 g/mol. The van der Waals surface area contributed by atoms with Gasteiger partial charge in [0.05, 0.1) is 10.7 Å². The number of rotatable bonds is 9. The Morgan fingerprint density at radius 2 is 1.65 bits per heavy atom. The monoisotopic (exact) mass is 518 g/mol. The Hall–Kier alpha value is -4.03. The van der Waals surface area contributed by atoms with Gasteiger partial charge in [-0.25, -0.2) is 8.78 Å². The smallest absolute Gasteiger partial charge is 0.251 e. The molecule has 0 atom stereocenters. The normalized spacial score (nSPS) is 10.7. The minimum absolute atomic E-state index is 0.0786. The van der Waals surface area contributed by atoms with Crippen molar-refractivity contribution in [2.75, 3.05) is 11.9 Å². The molecule has 4 rings (SSSR count). The van der Waals surface area contributed by atoms with Crippen molar-refractivity contribution < 1.29 is 18.4 Å². The van der Waals surface area contributed by atoms with Crippen LogP contribution in [0.1, 0.15) is 43.8 Å². The summed E-state index contributed by atoms with van der Waals surface area (Å²) in [4.78, 5) is 26.0. The van der Waals surface area contributed by atoms with Gasteiger partial charge < -0.3 is 10.6 Å². The molecule has 0 saturated carbocycles. The summed E-state index contributed by atoms with van der Waals surface area (Å²) in [6, 6.07) is 22.8. The molecule has 0 radical (unpaired) electrons. The van der Waals surface area contributed by atoms with Crippen LogP contribution in [0.3, 0.4) is 0 Å². The van der Waals surface area contributed by atoms with Gasteiger partial charge in [0.15, 0.2) is 5.78 Å². The van der Waals surface area contributed by atoms with Gasteiger partial charge in [-0.1, -0.05) is 48.0 Å². The number of amides is 1. The number of carbonyl (C=O) groups is 2. The number of carbonyl (C=O) groups excluding carboxylic acids is 2. The average molecular weight is 519 g/mol. The van der Waals surface area contributed by atoms with Crippen LogP contribution in [-0.4, -0.2) is 18.2 Å². The van der Waals surface area contributed by atoms with E-state index < -0.39 is 11.6 Å². The van der Waals surface area contributed by atoms with E-state index in [0.29, 0.717) is 28.9 Å². The highest BCUT2D eigenvalue weighted by Gasteiger charge is 2.18. The predicted molar refractivity (Wildman–Crippen MR) is 143 cm³/mol. The molecule has 0 saturated heterocycles. The zero-order valence-corrected chi connectivity index (χ0v) is 20.9. The fourth-order valence-corrected chi connectivity index (χ4v) is 4.18. The van der Waals surface area contributed by atoms with Crippen molar-refractivity contribution in [1.82, 2.24) is 5.32 Å². The third-order valence-electron chi connectivity index (χ3n) is 5.94. The van der Waals surface area contributed by atoms with Crippen LogP contribution in [0.25, 0.3) is 0 Å². The first-order valence-electron chi connectivity index (χ1n) is 11.8. The molecule has 2 N–H and O–H groups in total. The van der Waals surface area contributed by atoms with Crippen LogP contribution in [0.4, 0.5) is 20.2 Å². The summed E-state index contributed by atoms with van der Waals surface area (Å²) < 4.78 is 27.1. The Morgan fingerprint density at radius 3 is 2.38 bits per heavy atom. The maximum atomic E-state index is 14.0. The first-order valence-corrected chi connectivity index (χ1v) is 12.2. The van der Waals surface area contributed by atoms with Crippen LogP contribution in [0.5, 0.6) is 0 Å². The van der Waals surface area contributed by atoms with Crippen LogP contribution in [0.2, 0.25) is 5.02 Å². The molecule has 4 aromatic carbocycles. The van der Waals surface area contributed by atoms with Crippen molar-refractivity contribution in [3.8, 4) is 0 Å². The lowest BCUT2D eigenvalue weighted by molar-refractivity contribution is 0.0953. The second-order valence-electron chi connectivity index (χ2n) is 8.65. The quantitative estimate of drug-likeness (QED) is 0.181. The highest BCUT2D eigenvalue weighted by Crippen LogP contribution is 2.28. The first kappa shape index (κ1) is 26.0. The third-order valence-corrected chi connectivity index (χ3v) is 6.25. The summed E-state index contributed by atoms with van der Waals surface area (Å²) in [5.41, 5.74) is 3.43. The molecule has 0 aliphatic heterocycles. The van der Waals surface area contributed by atoms with E-state index >= 15 is 0 Å². The number of nitrogens with one attached hydrogen (secondary N) is 2. The van der Waals surface area contributed by atoms with Crippen molar-refractivity contribution in [2.24, 2.45) is 0 Å². The lowest BCUT2D eigenvalue weighted by atomic mass is 9.96. The second kappa shape index (κ2) is 11.8. The van der Waals surface area contributed by atoms with Crippen LogP contribution in [0.15, 0.2) is 84.9 Å². The molecule has 7 heteroatoms. The minimum Gasteiger partial charge on any atom is -0.353 e. The molecule has 188 valence electrons. The summed E-state index contributed by atoms with van der Waals surface area (Å²) in [6.45, 7) is 2.30. The Bertz CT molecular complexity index is 1440. The summed E-state index contributed by atoms with van der Waals surface area (Å²) in [7, 11) is 0. The molecule has 0 aliphatic carbocycles. The highest BCUT2D eigenvalue weighted by molar-refractivity contribution is 6.35. The molecule has 0 aliphatic rings. The number of anilines is 2. The van der Waals surface area contributed by atoms with E-state index in [0.717, 1.165) is 25.0 Å². The molecule has 0 heterocycles. The van der Waals surface area contributed by atoms with Gasteiger partial charge >= 0.3 is 0 Å². The summed E-state index contributed by atoms with van der Waals surface area (Å²) in [5.74, 6) is -2.02. The molecule has 0 aromatic heterocycles. The molecule has 4 nitrogen and oxygen atoms in total. The number of halogens is 3. The Labute approximate surface area is 219 Å². The third kappa shape index (κ3) is 6.60. The standard InChI is InChI=1S/C30H25ClF2N2O2/c1-19-9-10-21(30(37)34-15-5-8-20-6-3-2-4-7-20)16-25(19)29(36)24-13-12-23(18-26(24)31)35-28-14-11-22(32)17-27(28)33/h2-4,6-7,9-14,16-18,35H,5,8,15H2,1H3,(H,34,37). The predicted octanol–water partition coefficient (Wildman–Crippen LogP) is 7.26. The van der Waals surface area contributed by atoms with Crippen molar-refractivity contribution in [1.29, 1.82) is 0 Å². The second-order valence-corrected chi connectivity index (χ2v) is 9.05. The maximum absolute atomic E-state index is 14.0. The molecule has 37 heavy (non-hydrogen) atoms. The maximum Gasteiger partial charge on any atom is 0.251 e. The summed E-state index contributed by atoms with van der Waals surface area (Å²) in [6.07, 6.45) is 1.65. The number of benzene rings is 4. The van der Waals surface area contributed by atoms with Gasteiger partial charge in [0.25, 0.3) is 5.91 Å². The van der Waals surface area contributed by atoms with Gasteiger partial charge in [0, 0.05) is 35.0 Å². The van der Waals surface area contributed by atoms with Crippen molar-refractivity contribution in [3.05, 3.63) is 129 Å². The first-order chi connectivity index (χ1) is 17.8. The van der Waals surface area contributed by atoms with Crippen molar-refractivity contribution >= 4 is 34.7 Å². The van der Waals surface area contributed by atoms with Gasteiger partial charge in [-0.2, -0.15) is 0 Å². The molecule has 0 fully saturated rings. The van der Waals surface area contributed by atoms with E-state index in [-0.39, 0.29) is 28.0 Å². The lowest BCUT2D eigenvalue weighted by Gasteiger charge is -2.12. The van der Waals surface area contributed by atoms with Crippen molar-refractivity contribution in [2.45, 2.75) is 19.8 Å². The van der Waals surface area contributed by atoms with E-state index in [1.165, 1.54) is 23.8 Å². The van der Waals surface area contributed by atoms with E-state index in [4.69, 9.17) is 11.6 Å². The molecule has 0 unspecified atom stereocenters. The molecule has 4 aromatic rings. The van der Waals surface area contributed by atoms with Crippen LogP contribution in [-0.2, 0) is 6.42 Å². The van der Waals surface area contributed by atoms with Gasteiger partial charge in [-0.15, -0.1) is 0 Å². The molecular formula is C30H25ClF2N2O2. The number of hydrogen-bond donors (Lipinski definition) is 2. The van der Waals surface area contributed by atoms with Gasteiger partial charge in [-0.3, -0.25) is 9.59 Å². The highest BCUT2D eigenvalue weighted by atomic mass is 35.5.